The molecule has 1 aromatic carbocycles. The van der Waals surface area contributed by atoms with Gasteiger partial charge in [0.15, 0.2) is 5.76 Å². The minimum absolute atomic E-state index is 0.0689. The molecule has 2 aromatic rings. The average Bonchev–Trinajstić information content (AvgIpc) is 2.96. The van der Waals surface area contributed by atoms with Gasteiger partial charge in [0, 0.05) is 11.6 Å². The fourth-order valence-electron chi connectivity index (χ4n) is 1.79. The van der Waals surface area contributed by atoms with E-state index in [1.54, 1.807) is 13.0 Å². The highest BCUT2D eigenvalue weighted by Gasteiger charge is 2.23. The van der Waals surface area contributed by atoms with Crippen molar-refractivity contribution in [2.75, 3.05) is 6.61 Å². The van der Waals surface area contributed by atoms with E-state index < -0.39 is 12.1 Å². The maximum absolute atomic E-state index is 11.5. The van der Waals surface area contributed by atoms with Gasteiger partial charge in [0.25, 0.3) is 0 Å². The van der Waals surface area contributed by atoms with Crippen LogP contribution in [0.2, 0.25) is 0 Å². The number of ether oxygens (including phenoxy) is 1. The molecule has 21 heavy (non-hydrogen) atoms. The van der Waals surface area contributed by atoms with Crippen LogP contribution >= 0.6 is 0 Å². The summed E-state index contributed by atoms with van der Waals surface area (Å²) in [5.74, 6) is -0.134. The van der Waals surface area contributed by atoms with Gasteiger partial charge < -0.3 is 14.4 Å². The Hall–Kier alpha value is -2.40. The van der Waals surface area contributed by atoms with Crippen LogP contribution < -0.4 is 0 Å². The minimum Gasteiger partial charge on any atom is -0.463 e. The van der Waals surface area contributed by atoms with Crippen LogP contribution in [0.3, 0.4) is 0 Å². The molecule has 1 heterocycles. The lowest BCUT2D eigenvalue weighted by Crippen LogP contribution is -2.13. The molecule has 1 atom stereocenters. The summed E-state index contributed by atoms with van der Waals surface area (Å²) < 4.78 is 9.99. The summed E-state index contributed by atoms with van der Waals surface area (Å²) in [5, 5.41) is 13.9. The Morgan fingerprint density at radius 3 is 2.71 bits per heavy atom. The number of aryl methyl sites for hydroxylation is 1. The summed E-state index contributed by atoms with van der Waals surface area (Å²) in [6.07, 6.45) is -1.24. The molecule has 1 N–H and O–H groups in total. The van der Waals surface area contributed by atoms with Gasteiger partial charge in [0.05, 0.1) is 12.2 Å². The molecular weight excluding hydrogens is 270 g/mol. The maximum atomic E-state index is 11.5. The Morgan fingerprint density at radius 2 is 2.10 bits per heavy atom. The SMILES string of the molecule is C=C(C(=O)OCC)C(O)c1cc(-c2ccc(C)cc2)on1. The Morgan fingerprint density at radius 1 is 1.43 bits per heavy atom. The summed E-state index contributed by atoms with van der Waals surface area (Å²) in [7, 11) is 0. The molecule has 110 valence electrons. The van der Waals surface area contributed by atoms with Crippen molar-refractivity contribution in [3.05, 3.63) is 53.7 Å². The lowest BCUT2D eigenvalue weighted by Gasteiger charge is -2.09. The third-order valence-corrected chi connectivity index (χ3v) is 3.01. The predicted molar refractivity (Wildman–Crippen MR) is 77.4 cm³/mol. The van der Waals surface area contributed by atoms with E-state index in [9.17, 15) is 9.90 Å². The summed E-state index contributed by atoms with van der Waals surface area (Å²) in [6.45, 7) is 7.43. The molecule has 0 spiro atoms. The van der Waals surface area contributed by atoms with Crippen LogP contribution in [0.5, 0.6) is 0 Å². The highest BCUT2D eigenvalue weighted by Crippen LogP contribution is 2.26. The Labute approximate surface area is 122 Å². The topological polar surface area (TPSA) is 72.6 Å². The molecule has 0 aliphatic carbocycles. The zero-order chi connectivity index (χ0) is 15.4. The van der Waals surface area contributed by atoms with Crippen LogP contribution in [0, 0.1) is 6.92 Å². The number of aliphatic hydroxyl groups is 1. The number of hydrogen-bond acceptors (Lipinski definition) is 5. The monoisotopic (exact) mass is 287 g/mol. The summed E-state index contributed by atoms with van der Waals surface area (Å²) in [6, 6.07) is 9.27. The van der Waals surface area contributed by atoms with Crippen molar-refractivity contribution in [3.8, 4) is 11.3 Å². The van der Waals surface area contributed by atoms with Crippen LogP contribution in [-0.2, 0) is 9.53 Å². The van der Waals surface area contributed by atoms with E-state index in [1.165, 1.54) is 0 Å². The Balaban J connectivity index is 2.17. The molecule has 0 amide bonds. The van der Waals surface area contributed by atoms with Crippen molar-refractivity contribution in [2.45, 2.75) is 20.0 Å². The Kier molecular flexibility index (Phi) is 4.55. The van der Waals surface area contributed by atoms with Crippen molar-refractivity contribution < 1.29 is 19.2 Å². The van der Waals surface area contributed by atoms with E-state index in [0.29, 0.717) is 5.76 Å². The van der Waals surface area contributed by atoms with Gasteiger partial charge in [-0.3, -0.25) is 0 Å². The molecule has 0 saturated carbocycles. The number of esters is 1. The van der Waals surface area contributed by atoms with Crippen LogP contribution in [0.15, 0.2) is 47.0 Å². The van der Waals surface area contributed by atoms with Crippen LogP contribution in [0.4, 0.5) is 0 Å². The number of nitrogens with zero attached hydrogens (tertiary/aromatic N) is 1. The van der Waals surface area contributed by atoms with Crippen molar-refractivity contribution in [1.29, 1.82) is 0 Å². The van der Waals surface area contributed by atoms with E-state index in [2.05, 4.69) is 11.7 Å². The van der Waals surface area contributed by atoms with Crippen molar-refractivity contribution in [3.63, 3.8) is 0 Å². The van der Waals surface area contributed by atoms with E-state index in [-0.39, 0.29) is 17.9 Å². The largest absolute Gasteiger partial charge is 0.463 e. The van der Waals surface area contributed by atoms with Gasteiger partial charge in [-0.15, -0.1) is 0 Å². The van der Waals surface area contributed by atoms with Gasteiger partial charge in [-0.1, -0.05) is 41.6 Å². The van der Waals surface area contributed by atoms with Gasteiger partial charge in [-0.05, 0) is 13.8 Å². The summed E-state index contributed by atoms with van der Waals surface area (Å²) in [5.41, 5.74) is 2.13. The van der Waals surface area contributed by atoms with Crippen molar-refractivity contribution >= 4 is 5.97 Å². The second kappa shape index (κ2) is 6.37. The number of aromatic nitrogens is 1. The first-order valence-electron chi connectivity index (χ1n) is 6.60. The van der Waals surface area contributed by atoms with Gasteiger partial charge in [0.2, 0.25) is 0 Å². The molecule has 5 heteroatoms. The molecule has 0 aliphatic rings. The number of hydrogen-bond donors (Lipinski definition) is 1. The van der Waals surface area contributed by atoms with Gasteiger partial charge in [-0.2, -0.15) is 0 Å². The molecule has 0 bridgehead atoms. The van der Waals surface area contributed by atoms with Crippen molar-refractivity contribution in [1.82, 2.24) is 5.16 Å². The molecule has 0 saturated heterocycles. The third kappa shape index (κ3) is 3.38. The van der Waals surface area contributed by atoms with E-state index in [4.69, 9.17) is 9.26 Å². The molecule has 2 rings (SSSR count). The summed E-state index contributed by atoms with van der Waals surface area (Å²) >= 11 is 0. The standard InChI is InChI=1S/C16H17NO4/c1-4-20-16(19)11(3)15(18)13-9-14(21-17-13)12-7-5-10(2)6-8-12/h5-9,15,18H,3-4H2,1-2H3. The zero-order valence-corrected chi connectivity index (χ0v) is 12.0. The first-order chi connectivity index (χ1) is 10.0. The molecule has 0 fully saturated rings. The zero-order valence-electron chi connectivity index (χ0n) is 12.0. The molecule has 1 unspecified atom stereocenters. The van der Waals surface area contributed by atoms with E-state index in [1.807, 2.05) is 31.2 Å². The van der Waals surface area contributed by atoms with Crippen LogP contribution in [0.1, 0.15) is 24.3 Å². The number of rotatable bonds is 5. The fourth-order valence-corrected chi connectivity index (χ4v) is 1.79. The normalized spacial score (nSPS) is 12.0. The van der Waals surface area contributed by atoms with Crippen LogP contribution in [0.25, 0.3) is 11.3 Å². The quantitative estimate of drug-likeness (QED) is 0.676. The minimum atomic E-state index is -1.24. The number of aliphatic hydroxyl groups excluding tert-OH is 1. The molecular formula is C16H17NO4. The Bertz CT molecular complexity index is 643. The van der Waals surface area contributed by atoms with Gasteiger partial charge in [0.1, 0.15) is 11.8 Å². The number of carbonyl (C=O) groups excluding carboxylic acids is 1. The average molecular weight is 287 g/mol. The van der Waals surface area contributed by atoms with Gasteiger partial charge >= 0.3 is 5.97 Å². The molecule has 5 nitrogen and oxygen atoms in total. The van der Waals surface area contributed by atoms with E-state index in [0.717, 1.165) is 11.1 Å². The van der Waals surface area contributed by atoms with Gasteiger partial charge in [-0.25, -0.2) is 4.79 Å². The number of benzene rings is 1. The van der Waals surface area contributed by atoms with Crippen LogP contribution in [-0.4, -0.2) is 22.8 Å². The number of carbonyl (C=O) groups is 1. The lowest BCUT2D eigenvalue weighted by atomic mass is 10.1. The first-order valence-corrected chi connectivity index (χ1v) is 6.60. The smallest absolute Gasteiger partial charge is 0.336 e. The van der Waals surface area contributed by atoms with Crippen molar-refractivity contribution in [2.24, 2.45) is 0 Å². The second-order valence-electron chi connectivity index (χ2n) is 4.63. The third-order valence-electron chi connectivity index (χ3n) is 3.01. The maximum Gasteiger partial charge on any atom is 0.336 e. The lowest BCUT2D eigenvalue weighted by molar-refractivity contribution is -0.139. The second-order valence-corrected chi connectivity index (χ2v) is 4.63. The highest BCUT2D eigenvalue weighted by atomic mass is 16.5. The van der Waals surface area contributed by atoms with E-state index >= 15 is 0 Å². The predicted octanol–water partition coefficient (Wildman–Crippen LogP) is 2.80. The first kappa shape index (κ1) is 15.0. The fraction of sp³-hybridized carbons (Fsp3) is 0.250. The summed E-state index contributed by atoms with van der Waals surface area (Å²) in [4.78, 5) is 11.5. The molecule has 0 radical (unpaired) electrons. The molecule has 1 aromatic heterocycles. The highest BCUT2D eigenvalue weighted by molar-refractivity contribution is 5.89. The molecule has 0 aliphatic heterocycles.